The van der Waals surface area contributed by atoms with Crippen molar-refractivity contribution in [3.8, 4) is 0 Å². The molecule has 31 heavy (non-hydrogen) atoms. The highest BCUT2D eigenvalue weighted by atomic mass is 16.4. The number of aliphatic carboxylic acids is 1. The van der Waals surface area contributed by atoms with Crippen LogP contribution in [0.1, 0.15) is 22.3 Å². The number of aryl methyl sites for hydroxylation is 2. The summed E-state index contributed by atoms with van der Waals surface area (Å²) in [4.78, 5) is 36.8. The van der Waals surface area contributed by atoms with Crippen LogP contribution in [0.25, 0.3) is 21.9 Å². The van der Waals surface area contributed by atoms with E-state index in [-0.39, 0.29) is 18.4 Å². The third-order valence-electron chi connectivity index (χ3n) is 5.43. The molecule has 7 heteroatoms. The van der Waals surface area contributed by atoms with E-state index in [1.165, 1.54) is 0 Å². The Morgan fingerprint density at radius 2 is 1.81 bits per heavy atom. The lowest BCUT2D eigenvalue weighted by molar-refractivity contribution is -0.141. The third kappa shape index (κ3) is 4.07. The molecule has 4 aromatic rings. The van der Waals surface area contributed by atoms with Gasteiger partial charge in [-0.3, -0.25) is 4.79 Å². The Labute approximate surface area is 177 Å². The first-order chi connectivity index (χ1) is 14.8. The van der Waals surface area contributed by atoms with Crippen LogP contribution in [0.5, 0.6) is 0 Å². The van der Waals surface area contributed by atoms with Crippen molar-refractivity contribution in [2.24, 2.45) is 0 Å². The molecule has 7 nitrogen and oxygen atoms in total. The Kier molecular flexibility index (Phi) is 5.33. The van der Waals surface area contributed by atoms with E-state index in [0.29, 0.717) is 22.1 Å². The molecule has 158 valence electrons. The first kappa shape index (κ1) is 20.4. The number of benzene rings is 2. The van der Waals surface area contributed by atoms with Crippen molar-refractivity contribution in [3.63, 3.8) is 0 Å². The molecule has 0 radical (unpaired) electrons. The van der Waals surface area contributed by atoms with Gasteiger partial charge in [-0.2, -0.15) is 0 Å². The van der Waals surface area contributed by atoms with Crippen molar-refractivity contribution in [2.45, 2.75) is 32.7 Å². The number of hydrogen-bond donors (Lipinski definition) is 2. The van der Waals surface area contributed by atoms with E-state index in [4.69, 9.17) is 8.83 Å². The molecular weight excluding hydrogens is 398 g/mol. The van der Waals surface area contributed by atoms with Crippen LogP contribution in [0, 0.1) is 13.8 Å². The summed E-state index contributed by atoms with van der Waals surface area (Å²) in [5.41, 5.74) is 2.93. The molecule has 0 saturated carbocycles. The van der Waals surface area contributed by atoms with Gasteiger partial charge >= 0.3 is 11.6 Å². The average molecular weight is 419 g/mol. The van der Waals surface area contributed by atoms with Crippen molar-refractivity contribution in [1.29, 1.82) is 0 Å². The molecule has 0 saturated heterocycles. The number of carboxylic acids is 1. The van der Waals surface area contributed by atoms with Gasteiger partial charge in [-0.25, -0.2) is 9.59 Å². The molecule has 2 aromatic carbocycles. The van der Waals surface area contributed by atoms with Gasteiger partial charge in [0.25, 0.3) is 0 Å². The maximum atomic E-state index is 12.6. The molecule has 2 aromatic heterocycles. The van der Waals surface area contributed by atoms with Crippen LogP contribution in [-0.4, -0.2) is 23.0 Å². The van der Waals surface area contributed by atoms with E-state index in [2.05, 4.69) is 5.32 Å². The van der Waals surface area contributed by atoms with Gasteiger partial charge in [0.2, 0.25) is 5.91 Å². The number of furan rings is 1. The highest BCUT2D eigenvalue weighted by Crippen LogP contribution is 2.28. The molecule has 2 N–H and O–H groups in total. The van der Waals surface area contributed by atoms with Crippen molar-refractivity contribution in [2.75, 3.05) is 0 Å². The Balaban J connectivity index is 1.61. The van der Waals surface area contributed by atoms with Crippen LogP contribution in [-0.2, 0) is 22.4 Å². The first-order valence-electron chi connectivity index (χ1n) is 9.83. The SMILES string of the molecule is Cc1coc2cc3oc(=O)c(CC(=O)NC(Cc4ccccc4)C(=O)O)c(C)c3cc12. The standard InChI is InChI=1S/C24H21NO6/c1-13-12-30-20-11-21-17(9-16(13)20)14(2)18(24(29)31-21)10-22(26)25-19(23(27)28)8-15-6-4-3-5-7-15/h3-7,9,11-12,19H,8,10H2,1-2H3,(H,25,26)(H,27,28). The summed E-state index contributed by atoms with van der Waals surface area (Å²) in [6, 6.07) is 11.5. The smallest absolute Gasteiger partial charge is 0.340 e. The number of carbonyl (C=O) groups excluding carboxylic acids is 1. The van der Waals surface area contributed by atoms with E-state index < -0.39 is 23.5 Å². The second-order valence-corrected chi connectivity index (χ2v) is 7.58. The minimum Gasteiger partial charge on any atom is -0.480 e. The van der Waals surface area contributed by atoms with Gasteiger partial charge < -0.3 is 19.3 Å². The summed E-state index contributed by atoms with van der Waals surface area (Å²) in [6.45, 7) is 3.67. The van der Waals surface area contributed by atoms with Crippen molar-refractivity contribution >= 4 is 33.8 Å². The lowest BCUT2D eigenvalue weighted by atomic mass is 10.0. The van der Waals surface area contributed by atoms with Crippen LogP contribution >= 0.6 is 0 Å². The molecule has 1 atom stereocenters. The van der Waals surface area contributed by atoms with Gasteiger partial charge in [0, 0.05) is 23.3 Å². The van der Waals surface area contributed by atoms with Gasteiger partial charge in [0.15, 0.2) is 0 Å². The molecule has 1 unspecified atom stereocenters. The average Bonchev–Trinajstić information content (AvgIpc) is 3.10. The molecule has 1 amide bonds. The fourth-order valence-electron chi connectivity index (χ4n) is 3.70. The Morgan fingerprint density at radius 3 is 2.52 bits per heavy atom. The Bertz CT molecular complexity index is 1350. The summed E-state index contributed by atoms with van der Waals surface area (Å²) in [7, 11) is 0. The van der Waals surface area contributed by atoms with E-state index in [1.54, 1.807) is 43.5 Å². The number of nitrogens with one attached hydrogen (secondary N) is 1. The largest absolute Gasteiger partial charge is 0.480 e. The minimum absolute atomic E-state index is 0.144. The second kappa shape index (κ2) is 8.10. The number of amides is 1. The number of carboxylic acid groups (broad SMARTS) is 1. The summed E-state index contributed by atoms with van der Waals surface area (Å²) in [5, 5.41) is 13.6. The van der Waals surface area contributed by atoms with Crippen LogP contribution in [0.3, 0.4) is 0 Å². The maximum Gasteiger partial charge on any atom is 0.340 e. The Morgan fingerprint density at radius 1 is 1.06 bits per heavy atom. The number of rotatable bonds is 6. The molecule has 0 aliphatic heterocycles. The molecule has 0 aliphatic carbocycles. The van der Waals surface area contributed by atoms with Gasteiger partial charge in [-0.15, -0.1) is 0 Å². The topological polar surface area (TPSA) is 110 Å². The highest BCUT2D eigenvalue weighted by molar-refractivity contribution is 5.96. The fraction of sp³-hybridized carbons (Fsp3) is 0.208. The van der Waals surface area contributed by atoms with Crippen LogP contribution in [0.15, 0.2) is 62.4 Å². The van der Waals surface area contributed by atoms with E-state index >= 15 is 0 Å². The van der Waals surface area contributed by atoms with Gasteiger partial charge in [-0.05, 0) is 36.6 Å². The zero-order valence-electron chi connectivity index (χ0n) is 17.1. The van der Waals surface area contributed by atoms with Crippen LogP contribution in [0.2, 0.25) is 0 Å². The van der Waals surface area contributed by atoms with Crippen LogP contribution < -0.4 is 10.9 Å². The number of fused-ring (bicyclic) bond motifs is 2. The zero-order valence-corrected chi connectivity index (χ0v) is 17.1. The Hall–Kier alpha value is -3.87. The summed E-state index contributed by atoms with van der Waals surface area (Å²) >= 11 is 0. The lowest BCUT2D eigenvalue weighted by Gasteiger charge is -2.15. The maximum absolute atomic E-state index is 12.6. The lowest BCUT2D eigenvalue weighted by Crippen LogP contribution is -2.43. The third-order valence-corrected chi connectivity index (χ3v) is 5.43. The zero-order chi connectivity index (χ0) is 22.1. The molecule has 0 fully saturated rings. The quantitative estimate of drug-likeness (QED) is 0.463. The molecule has 0 spiro atoms. The van der Waals surface area contributed by atoms with Crippen molar-refractivity contribution in [3.05, 3.63) is 81.4 Å². The molecular formula is C24H21NO6. The van der Waals surface area contributed by atoms with Gasteiger partial charge in [0.05, 0.1) is 18.2 Å². The summed E-state index contributed by atoms with van der Waals surface area (Å²) in [6.07, 6.45) is 1.50. The van der Waals surface area contributed by atoms with Crippen molar-refractivity contribution < 1.29 is 23.5 Å². The molecule has 2 heterocycles. The van der Waals surface area contributed by atoms with Crippen LogP contribution in [0.4, 0.5) is 0 Å². The first-order valence-corrected chi connectivity index (χ1v) is 9.83. The fourth-order valence-corrected chi connectivity index (χ4v) is 3.70. The van der Waals surface area contributed by atoms with Gasteiger partial charge in [-0.1, -0.05) is 30.3 Å². The molecule has 4 rings (SSSR count). The van der Waals surface area contributed by atoms with E-state index in [9.17, 15) is 19.5 Å². The molecule has 0 bridgehead atoms. The summed E-state index contributed by atoms with van der Waals surface area (Å²) < 4.78 is 10.9. The number of carbonyl (C=O) groups is 2. The van der Waals surface area contributed by atoms with E-state index in [1.807, 2.05) is 19.1 Å². The molecule has 0 aliphatic rings. The monoisotopic (exact) mass is 419 g/mol. The van der Waals surface area contributed by atoms with Gasteiger partial charge in [0.1, 0.15) is 17.2 Å². The normalized spacial score (nSPS) is 12.2. The van der Waals surface area contributed by atoms with E-state index in [0.717, 1.165) is 16.5 Å². The predicted molar refractivity (Wildman–Crippen MR) is 115 cm³/mol. The summed E-state index contributed by atoms with van der Waals surface area (Å²) in [5.74, 6) is -1.70. The predicted octanol–water partition coefficient (Wildman–Crippen LogP) is 3.51. The highest BCUT2D eigenvalue weighted by Gasteiger charge is 2.22. The van der Waals surface area contributed by atoms with Crippen molar-refractivity contribution in [1.82, 2.24) is 5.32 Å². The number of hydrogen-bond acceptors (Lipinski definition) is 5. The minimum atomic E-state index is -1.14. The second-order valence-electron chi connectivity index (χ2n) is 7.58.